The van der Waals surface area contributed by atoms with Crippen molar-refractivity contribution in [2.45, 2.75) is 7.43 Å². The van der Waals surface area contributed by atoms with Crippen LogP contribution >= 0.6 is 0 Å². The van der Waals surface area contributed by atoms with Gasteiger partial charge in [0.2, 0.25) is 0 Å². The van der Waals surface area contributed by atoms with E-state index in [2.05, 4.69) is 6.58 Å². The smallest absolute Gasteiger partial charge is 0.0171 e. The van der Waals surface area contributed by atoms with Gasteiger partial charge in [-0.05, 0) is 0 Å². The van der Waals surface area contributed by atoms with Gasteiger partial charge in [0.1, 0.15) is 0 Å². The van der Waals surface area contributed by atoms with Crippen molar-refractivity contribution in [3.63, 3.8) is 0 Å². The second kappa shape index (κ2) is 9.96. The van der Waals surface area contributed by atoms with Crippen molar-refractivity contribution >= 4 is 6.21 Å². The number of rotatable bonds is 1. The Hall–Kier alpha value is -0.590. The molecule has 0 atom stereocenters. The van der Waals surface area contributed by atoms with Gasteiger partial charge in [-0.25, -0.2) is 0 Å². The van der Waals surface area contributed by atoms with E-state index in [4.69, 9.17) is 5.41 Å². The van der Waals surface area contributed by atoms with Gasteiger partial charge in [0, 0.05) is 6.21 Å². The Balaban J connectivity index is 0. The predicted octanol–water partition coefficient (Wildman–Crippen LogP) is 1.46. The van der Waals surface area contributed by atoms with Crippen LogP contribution in [-0.2, 0) is 0 Å². The highest BCUT2D eigenvalue weighted by molar-refractivity contribution is 5.66. The maximum Gasteiger partial charge on any atom is 0.0171 e. The number of hydrogen-bond acceptors (Lipinski definition) is 1. The van der Waals surface area contributed by atoms with Gasteiger partial charge in [-0.3, -0.25) is 0 Å². The summed E-state index contributed by atoms with van der Waals surface area (Å²) in [7, 11) is 0. The summed E-state index contributed by atoms with van der Waals surface area (Å²) in [5.41, 5.74) is 0. The van der Waals surface area contributed by atoms with Gasteiger partial charge in [0.05, 0.1) is 0 Å². The van der Waals surface area contributed by atoms with E-state index in [1.807, 2.05) is 0 Å². The third-order valence-electron chi connectivity index (χ3n) is 0.118. The molecule has 5 heavy (non-hydrogen) atoms. The molecule has 0 saturated heterocycles. The Bertz CT molecular complexity index is 24.6. The van der Waals surface area contributed by atoms with Gasteiger partial charge < -0.3 is 5.41 Å². The first-order valence-corrected chi connectivity index (χ1v) is 1.03. The van der Waals surface area contributed by atoms with Crippen molar-refractivity contribution in [3.8, 4) is 0 Å². The number of nitrogens with one attached hydrogen (secondary N) is 1. The van der Waals surface area contributed by atoms with Crippen molar-refractivity contribution in [3.05, 3.63) is 12.7 Å². The van der Waals surface area contributed by atoms with Crippen molar-refractivity contribution in [1.82, 2.24) is 0 Å². The average molecular weight is 71.1 g/mol. The predicted molar refractivity (Wildman–Crippen MR) is 25.7 cm³/mol. The summed E-state index contributed by atoms with van der Waals surface area (Å²) >= 11 is 0. The Morgan fingerprint density at radius 1 is 1.60 bits per heavy atom. The van der Waals surface area contributed by atoms with Gasteiger partial charge in [0.25, 0.3) is 0 Å². The van der Waals surface area contributed by atoms with Crippen LogP contribution in [0.4, 0.5) is 0 Å². The Morgan fingerprint density at radius 3 is 1.80 bits per heavy atom. The molecule has 0 spiro atoms. The molecule has 0 aliphatic rings. The highest BCUT2D eigenvalue weighted by atomic mass is 14.3. The van der Waals surface area contributed by atoms with E-state index in [-0.39, 0.29) is 7.43 Å². The lowest BCUT2D eigenvalue weighted by molar-refractivity contribution is 1.58. The van der Waals surface area contributed by atoms with Crippen LogP contribution in [0.15, 0.2) is 12.7 Å². The fourth-order valence-corrected chi connectivity index (χ4v) is 0. The molecule has 0 heterocycles. The first-order valence-electron chi connectivity index (χ1n) is 1.03. The maximum absolute atomic E-state index is 6.21. The van der Waals surface area contributed by atoms with Crippen LogP contribution in [0.25, 0.3) is 0 Å². The minimum atomic E-state index is 0. The molecule has 0 saturated carbocycles. The van der Waals surface area contributed by atoms with Gasteiger partial charge >= 0.3 is 0 Å². The van der Waals surface area contributed by atoms with Crippen LogP contribution in [0, 0.1) is 5.41 Å². The highest BCUT2D eigenvalue weighted by Crippen LogP contribution is 1.37. The van der Waals surface area contributed by atoms with Crippen molar-refractivity contribution in [2.24, 2.45) is 0 Å². The summed E-state index contributed by atoms with van der Waals surface area (Å²) in [6.45, 7) is 3.24. The molecule has 0 rings (SSSR count). The minimum absolute atomic E-state index is 0. The molecular weight excluding hydrogens is 62.1 g/mol. The molecule has 1 heteroatoms. The summed E-state index contributed by atoms with van der Waals surface area (Å²) in [6.07, 6.45) is 2.56. The minimum Gasteiger partial charge on any atom is -0.309 e. The van der Waals surface area contributed by atoms with Crippen LogP contribution in [0.3, 0.4) is 0 Å². The topological polar surface area (TPSA) is 23.9 Å². The first-order chi connectivity index (χ1) is 1.91. The third kappa shape index (κ3) is 40.3. The zero-order valence-corrected chi connectivity index (χ0v) is 2.36. The number of allylic oxidation sites excluding steroid dienone is 1. The van der Waals surface area contributed by atoms with Gasteiger partial charge in [-0.1, -0.05) is 20.1 Å². The second-order valence-electron chi connectivity index (χ2n) is 0.402. The summed E-state index contributed by atoms with van der Waals surface area (Å²) < 4.78 is 0. The van der Waals surface area contributed by atoms with E-state index in [0.29, 0.717) is 0 Å². The molecule has 0 amide bonds. The van der Waals surface area contributed by atoms with Crippen LogP contribution < -0.4 is 0 Å². The van der Waals surface area contributed by atoms with E-state index in [0.717, 1.165) is 6.21 Å². The molecule has 0 bridgehead atoms. The van der Waals surface area contributed by atoms with E-state index in [9.17, 15) is 0 Å². The lowest BCUT2D eigenvalue weighted by atomic mass is 10.7. The van der Waals surface area contributed by atoms with E-state index >= 15 is 0 Å². The monoisotopic (exact) mass is 71.1 g/mol. The van der Waals surface area contributed by atoms with E-state index < -0.39 is 0 Å². The molecule has 0 aliphatic carbocycles. The molecule has 1 nitrogen and oxygen atoms in total. The molecule has 1 N–H and O–H groups in total. The van der Waals surface area contributed by atoms with Crippen molar-refractivity contribution in [1.29, 1.82) is 5.41 Å². The average Bonchev–Trinajstić information content (AvgIpc) is 1.37. The van der Waals surface area contributed by atoms with Gasteiger partial charge in [0.15, 0.2) is 0 Å². The van der Waals surface area contributed by atoms with Crippen LogP contribution in [0.2, 0.25) is 0 Å². The zero-order chi connectivity index (χ0) is 3.41. The Kier molecular flexibility index (Phi) is 17.6. The summed E-state index contributed by atoms with van der Waals surface area (Å²) in [6, 6.07) is 0. The quantitative estimate of drug-likeness (QED) is 0.452. The summed E-state index contributed by atoms with van der Waals surface area (Å²) in [4.78, 5) is 0. The van der Waals surface area contributed by atoms with Crippen molar-refractivity contribution < 1.29 is 0 Å². The fraction of sp³-hybridized carbons (Fsp3) is 0.250. The molecule has 0 aliphatic heterocycles. The fourth-order valence-electron chi connectivity index (χ4n) is 0. The molecule has 0 aromatic carbocycles. The molecule has 0 aromatic heterocycles. The molecule has 30 valence electrons. The molecule has 0 fully saturated rings. The van der Waals surface area contributed by atoms with Crippen molar-refractivity contribution in [2.75, 3.05) is 0 Å². The molecule has 0 radical (unpaired) electrons. The largest absolute Gasteiger partial charge is 0.309 e. The standard InChI is InChI=1S/C3H5N.CH4/c1-2-3-4;/h2-4H,1H2;1H4. The maximum atomic E-state index is 6.21. The second-order valence-corrected chi connectivity index (χ2v) is 0.402. The van der Waals surface area contributed by atoms with E-state index in [1.165, 1.54) is 6.08 Å². The molecule has 0 unspecified atom stereocenters. The highest BCUT2D eigenvalue weighted by Gasteiger charge is 1.31. The van der Waals surface area contributed by atoms with Gasteiger partial charge in [-0.2, -0.15) is 0 Å². The zero-order valence-electron chi connectivity index (χ0n) is 2.36. The van der Waals surface area contributed by atoms with Crippen LogP contribution in [0.1, 0.15) is 7.43 Å². The number of hydrogen-bond donors (Lipinski definition) is 1. The molecule has 0 aromatic rings. The summed E-state index contributed by atoms with van der Waals surface area (Å²) in [5, 5.41) is 6.21. The first kappa shape index (κ1) is 8.83. The third-order valence-corrected chi connectivity index (χ3v) is 0.118. The lowest BCUT2D eigenvalue weighted by Gasteiger charge is -1.43. The van der Waals surface area contributed by atoms with Gasteiger partial charge in [-0.15, -0.1) is 0 Å². The SMILES string of the molecule is C.C=CC=N. The van der Waals surface area contributed by atoms with E-state index in [1.54, 1.807) is 0 Å². The Labute approximate surface area is 32.8 Å². The molecular formula is C4H9N. The van der Waals surface area contributed by atoms with Crippen LogP contribution in [0.5, 0.6) is 0 Å². The van der Waals surface area contributed by atoms with Crippen LogP contribution in [-0.4, -0.2) is 6.21 Å². The Morgan fingerprint density at radius 2 is 1.80 bits per heavy atom. The normalized spacial score (nSPS) is 4.00. The summed E-state index contributed by atoms with van der Waals surface area (Å²) in [5.74, 6) is 0. The lowest BCUT2D eigenvalue weighted by Crippen LogP contribution is -1.41.